The monoisotopic (exact) mass is 305 g/mol. The van der Waals surface area contributed by atoms with Crippen molar-refractivity contribution in [1.29, 1.82) is 0 Å². The van der Waals surface area contributed by atoms with Gasteiger partial charge in [0, 0.05) is 0 Å². The number of ether oxygens (including phenoxy) is 3. The fraction of sp³-hybridized carbons (Fsp3) is 0.375. The molecule has 0 aromatic heterocycles. The zero-order chi connectivity index (χ0) is 16.2. The van der Waals surface area contributed by atoms with Crippen LogP contribution in [0.25, 0.3) is 0 Å². The van der Waals surface area contributed by atoms with Crippen molar-refractivity contribution in [2.24, 2.45) is 0 Å². The van der Waals surface area contributed by atoms with Crippen LogP contribution in [0.15, 0.2) is 42.5 Å². The standard InChI is InChI=1S/C16H19NO5/c1-4-21-14(18)16(17-15(19)20-3)13(11(2)10-22-16)12-8-6-5-7-9-12/h5-9,13H,2,4,10H2,1,3H3,(H,17,19)/t13-,16-/m1/s1. The Labute approximate surface area is 129 Å². The summed E-state index contributed by atoms with van der Waals surface area (Å²) >= 11 is 0. The van der Waals surface area contributed by atoms with E-state index in [1.165, 1.54) is 7.11 Å². The van der Waals surface area contributed by atoms with Crippen molar-refractivity contribution in [3.05, 3.63) is 48.0 Å². The summed E-state index contributed by atoms with van der Waals surface area (Å²) in [4.78, 5) is 24.2. The van der Waals surface area contributed by atoms with Gasteiger partial charge in [-0.05, 0) is 18.1 Å². The molecule has 0 aliphatic carbocycles. The highest BCUT2D eigenvalue weighted by Gasteiger charge is 2.56. The molecule has 1 aromatic rings. The van der Waals surface area contributed by atoms with Gasteiger partial charge >= 0.3 is 12.1 Å². The number of amides is 1. The van der Waals surface area contributed by atoms with Crippen LogP contribution in [0.4, 0.5) is 4.79 Å². The topological polar surface area (TPSA) is 73.9 Å². The predicted molar refractivity (Wildman–Crippen MR) is 79.2 cm³/mol. The molecular formula is C16H19NO5. The number of benzene rings is 1. The SMILES string of the molecule is C=C1CO[C@@](NC(=O)OC)(C(=O)OCC)[C@H]1c1ccccc1. The Bertz CT molecular complexity index is 571. The Morgan fingerprint density at radius 3 is 2.68 bits per heavy atom. The van der Waals surface area contributed by atoms with E-state index in [1.807, 2.05) is 30.3 Å². The normalized spacial score (nSPS) is 23.9. The lowest BCUT2D eigenvalue weighted by molar-refractivity contribution is -0.171. The third-order valence-electron chi connectivity index (χ3n) is 3.48. The molecule has 2 rings (SSSR count). The number of esters is 1. The third kappa shape index (κ3) is 2.82. The lowest BCUT2D eigenvalue weighted by atomic mass is 9.85. The van der Waals surface area contributed by atoms with Crippen LogP contribution in [0.3, 0.4) is 0 Å². The summed E-state index contributed by atoms with van der Waals surface area (Å²) in [6.07, 6.45) is -0.774. The maximum atomic E-state index is 12.5. The maximum Gasteiger partial charge on any atom is 0.409 e. The Kier molecular flexibility index (Phi) is 4.82. The first kappa shape index (κ1) is 16.0. The molecule has 1 fully saturated rings. The fourth-order valence-electron chi connectivity index (χ4n) is 2.55. The van der Waals surface area contributed by atoms with Gasteiger partial charge in [0.15, 0.2) is 0 Å². The number of methoxy groups -OCH3 is 1. The zero-order valence-electron chi connectivity index (χ0n) is 12.6. The zero-order valence-corrected chi connectivity index (χ0v) is 12.6. The minimum Gasteiger partial charge on any atom is -0.462 e. The first-order valence-corrected chi connectivity index (χ1v) is 6.95. The van der Waals surface area contributed by atoms with Gasteiger partial charge < -0.3 is 14.2 Å². The van der Waals surface area contributed by atoms with Gasteiger partial charge in [-0.25, -0.2) is 9.59 Å². The summed E-state index contributed by atoms with van der Waals surface area (Å²) in [5, 5.41) is 2.49. The minimum atomic E-state index is -1.67. The van der Waals surface area contributed by atoms with E-state index in [-0.39, 0.29) is 13.2 Å². The molecule has 1 N–H and O–H groups in total. The van der Waals surface area contributed by atoms with Crippen molar-refractivity contribution >= 4 is 12.1 Å². The highest BCUT2D eigenvalue weighted by atomic mass is 16.6. The molecule has 22 heavy (non-hydrogen) atoms. The average molecular weight is 305 g/mol. The molecule has 1 saturated heterocycles. The first-order valence-electron chi connectivity index (χ1n) is 6.95. The Balaban J connectivity index is 2.47. The number of carbonyl (C=O) groups excluding carboxylic acids is 2. The summed E-state index contributed by atoms with van der Waals surface area (Å²) in [5.41, 5.74) is -0.188. The van der Waals surface area contributed by atoms with Gasteiger partial charge in [-0.2, -0.15) is 0 Å². The van der Waals surface area contributed by atoms with Gasteiger partial charge in [0.05, 0.1) is 26.2 Å². The van der Waals surface area contributed by atoms with E-state index >= 15 is 0 Å². The van der Waals surface area contributed by atoms with Crippen molar-refractivity contribution in [2.75, 3.05) is 20.3 Å². The van der Waals surface area contributed by atoms with Gasteiger partial charge in [-0.3, -0.25) is 5.32 Å². The molecule has 1 heterocycles. The number of hydrogen-bond donors (Lipinski definition) is 1. The van der Waals surface area contributed by atoms with E-state index in [0.717, 1.165) is 5.56 Å². The molecule has 2 atom stereocenters. The molecule has 0 unspecified atom stereocenters. The van der Waals surface area contributed by atoms with Crippen molar-refractivity contribution in [1.82, 2.24) is 5.32 Å². The van der Waals surface area contributed by atoms with Crippen LogP contribution in [-0.2, 0) is 19.0 Å². The van der Waals surface area contributed by atoms with Crippen molar-refractivity contribution in [3.8, 4) is 0 Å². The predicted octanol–water partition coefficient (Wildman–Crippen LogP) is 1.97. The van der Waals surface area contributed by atoms with Crippen molar-refractivity contribution in [3.63, 3.8) is 0 Å². The quantitative estimate of drug-likeness (QED) is 0.680. The number of alkyl carbamates (subject to hydrolysis) is 1. The van der Waals surface area contributed by atoms with Crippen LogP contribution in [0, 0.1) is 0 Å². The Morgan fingerprint density at radius 2 is 2.09 bits per heavy atom. The molecule has 1 aliphatic heterocycles. The molecule has 0 bridgehead atoms. The maximum absolute atomic E-state index is 12.5. The van der Waals surface area contributed by atoms with Crippen molar-refractivity contribution in [2.45, 2.75) is 18.6 Å². The van der Waals surface area contributed by atoms with E-state index in [4.69, 9.17) is 9.47 Å². The molecule has 1 aromatic carbocycles. The molecule has 1 aliphatic rings. The van der Waals surface area contributed by atoms with Gasteiger partial charge in [0.2, 0.25) is 0 Å². The van der Waals surface area contributed by atoms with Crippen LogP contribution in [-0.4, -0.2) is 38.1 Å². The molecule has 0 saturated carbocycles. The number of carbonyl (C=O) groups is 2. The fourth-order valence-corrected chi connectivity index (χ4v) is 2.55. The highest BCUT2D eigenvalue weighted by molar-refractivity contribution is 5.87. The van der Waals surface area contributed by atoms with Gasteiger partial charge in [0.1, 0.15) is 0 Å². The molecule has 0 radical (unpaired) electrons. The van der Waals surface area contributed by atoms with E-state index in [1.54, 1.807) is 6.92 Å². The van der Waals surface area contributed by atoms with Gasteiger partial charge in [-0.15, -0.1) is 0 Å². The van der Waals surface area contributed by atoms with Gasteiger partial charge in [-0.1, -0.05) is 36.9 Å². The average Bonchev–Trinajstić information content (AvgIpc) is 2.86. The lowest BCUT2D eigenvalue weighted by Gasteiger charge is -2.32. The molecule has 1 amide bonds. The number of nitrogens with one attached hydrogen (secondary N) is 1. The molecule has 6 heteroatoms. The lowest BCUT2D eigenvalue weighted by Crippen LogP contribution is -2.58. The largest absolute Gasteiger partial charge is 0.462 e. The highest BCUT2D eigenvalue weighted by Crippen LogP contribution is 2.42. The minimum absolute atomic E-state index is 0.141. The summed E-state index contributed by atoms with van der Waals surface area (Å²) in [6.45, 7) is 5.95. The third-order valence-corrected chi connectivity index (χ3v) is 3.48. The van der Waals surface area contributed by atoms with Crippen LogP contribution < -0.4 is 5.32 Å². The van der Waals surface area contributed by atoms with E-state index in [0.29, 0.717) is 5.57 Å². The molecule has 118 valence electrons. The second-order valence-electron chi connectivity index (χ2n) is 4.86. The number of hydrogen-bond acceptors (Lipinski definition) is 5. The molecule has 6 nitrogen and oxygen atoms in total. The first-order chi connectivity index (χ1) is 10.5. The summed E-state index contributed by atoms with van der Waals surface area (Å²) in [7, 11) is 1.22. The summed E-state index contributed by atoms with van der Waals surface area (Å²) < 4.78 is 15.3. The van der Waals surface area contributed by atoms with Crippen LogP contribution in [0.1, 0.15) is 18.4 Å². The number of rotatable bonds is 4. The molecule has 0 spiro atoms. The van der Waals surface area contributed by atoms with Crippen LogP contribution >= 0.6 is 0 Å². The van der Waals surface area contributed by atoms with Gasteiger partial charge in [0.25, 0.3) is 5.72 Å². The van der Waals surface area contributed by atoms with Crippen LogP contribution in [0.5, 0.6) is 0 Å². The molecular weight excluding hydrogens is 286 g/mol. The summed E-state index contributed by atoms with van der Waals surface area (Å²) in [5.74, 6) is -1.22. The van der Waals surface area contributed by atoms with E-state index in [2.05, 4.69) is 16.6 Å². The van der Waals surface area contributed by atoms with E-state index in [9.17, 15) is 9.59 Å². The van der Waals surface area contributed by atoms with E-state index < -0.39 is 23.7 Å². The van der Waals surface area contributed by atoms with Crippen molar-refractivity contribution < 1.29 is 23.8 Å². The Morgan fingerprint density at radius 1 is 1.41 bits per heavy atom. The second-order valence-corrected chi connectivity index (χ2v) is 4.86. The summed E-state index contributed by atoms with van der Waals surface area (Å²) in [6, 6.07) is 9.24. The Hall–Kier alpha value is -2.34. The van der Waals surface area contributed by atoms with Crippen LogP contribution in [0.2, 0.25) is 0 Å². The second kappa shape index (κ2) is 6.62. The smallest absolute Gasteiger partial charge is 0.409 e.